The molecule has 1 heterocycles. The molecular formula is C12H16Cl2N2O3S. The number of anilines is 1. The summed E-state index contributed by atoms with van der Waals surface area (Å²) >= 11 is 11.8. The Bertz CT molecular complexity index is 584. The van der Waals surface area contributed by atoms with Crippen LogP contribution in [0.4, 0.5) is 5.69 Å². The fraction of sp³-hybridized carbons (Fsp3) is 0.500. The second-order valence-corrected chi connectivity index (χ2v) is 7.42. The molecule has 1 saturated heterocycles. The van der Waals surface area contributed by atoms with Crippen molar-refractivity contribution in [3.05, 3.63) is 22.2 Å². The molecule has 112 valence electrons. The highest BCUT2D eigenvalue weighted by molar-refractivity contribution is 7.89. The van der Waals surface area contributed by atoms with Gasteiger partial charge in [0.2, 0.25) is 10.0 Å². The third-order valence-corrected chi connectivity index (χ3v) is 5.66. The van der Waals surface area contributed by atoms with E-state index in [1.807, 2.05) is 6.92 Å². The van der Waals surface area contributed by atoms with Crippen molar-refractivity contribution >= 4 is 38.9 Å². The number of halogens is 2. The highest BCUT2D eigenvalue weighted by atomic mass is 35.5. The Labute approximate surface area is 128 Å². The molecule has 20 heavy (non-hydrogen) atoms. The Morgan fingerprint density at radius 1 is 1.40 bits per heavy atom. The van der Waals surface area contributed by atoms with Crippen molar-refractivity contribution < 1.29 is 13.2 Å². The lowest BCUT2D eigenvalue weighted by Crippen LogP contribution is -2.36. The van der Waals surface area contributed by atoms with Crippen molar-refractivity contribution in [3.63, 3.8) is 0 Å². The number of benzene rings is 1. The third-order valence-electron chi connectivity index (χ3n) is 3.05. The zero-order chi connectivity index (χ0) is 14.9. The van der Waals surface area contributed by atoms with Crippen molar-refractivity contribution in [1.29, 1.82) is 0 Å². The van der Waals surface area contributed by atoms with Gasteiger partial charge in [0.05, 0.1) is 16.8 Å². The van der Waals surface area contributed by atoms with Crippen LogP contribution in [-0.4, -0.2) is 38.5 Å². The Balaban J connectivity index is 2.44. The van der Waals surface area contributed by atoms with Crippen LogP contribution in [0.2, 0.25) is 10.0 Å². The normalized spacial score (nSPS) is 21.6. The monoisotopic (exact) mass is 338 g/mol. The maximum absolute atomic E-state index is 12.7. The van der Waals surface area contributed by atoms with Gasteiger partial charge in [0.15, 0.2) is 0 Å². The Morgan fingerprint density at radius 2 is 2.10 bits per heavy atom. The standard InChI is InChI=1S/C12H16Cl2N2O3S/c1-8-7-16(3-2-4-19-8)20(17,18)12-10(14)5-9(13)6-11(12)15/h5-6,8H,2-4,7,15H2,1H3. The van der Waals surface area contributed by atoms with Crippen molar-refractivity contribution in [1.82, 2.24) is 4.31 Å². The van der Waals surface area contributed by atoms with E-state index in [0.29, 0.717) is 24.6 Å². The average Bonchev–Trinajstić information content (AvgIpc) is 2.52. The molecule has 1 aliphatic heterocycles. The number of hydrogen-bond acceptors (Lipinski definition) is 4. The molecular weight excluding hydrogens is 323 g/mol. The topological polar surface area (TPSA) is 72.6 Å². The van der Waals surface area contributed by atoms with Crippen LogP contribution in [0.5, 0.6) is 0 Å². The van der Waals surface area contributed by atoms with Crippen molar-refractivity contribution in [2.45, 2.75) is 24.3 Å². The quantitative estimate of drug-likeness (QED) is 0.840. The van der Waals surface area contributed by atoms with E-state index in [1.54, 1.807) is 0 Å². The van der Waals surface area contributed by atoms with E-state index < -0.39 is 10.0 Å². The third kappa shape index (κ3) is 3.20. The van der Waals surface area contributed by atoms with Gasteiger partial charge in [-0.3, -0.25) is 0 Å². The molecule has 1 fully saturated rings. The number of nitrogens with zero attached hydrogens (tertiary/aromatic N) is 1. The molecule has 1 aliphatic rings. The zero-order valence-corrected chi connectivity index (χ0v) is 13.3. The molecule has 0 amide bonds. The molecule has 0 aromatic heterocycles. The second-order valence-electron chi connectivity index (χ2n) is 4.70. The van der Waals surface area contributed by atoms with E-state index in [1.165, 1.54) is 16.4 Å². The van der Waals surface area contributed by atoms with Gasteiger partial charge in [0, 0.05) is 24.7 Å². The van der Waals surface area contributed by atoms with E-state index in [-0.39, 0.29) is 28.3 Å². The molecule has 8 heteroatoms. The Morgan fingerprint density at radius 3 is 2.75 bits per heavy atom. The Kier molecular flexibility index (Phi) is 4.81. The summed E-state index contributed by atoms with van der Waals surface area (Å²) in [7, 11) is -3.76. The summed E-state index contributed by atoms with van der Waals surface area (Å²) < 4.78 is 32.2. The van der Waals surface area contributed by atoms with E-state index in [0.717, 1.165) is 0 Å². The summed E-state index contributed by atoms with van der Waals surface area (Å²) in [5.41, 5.74) is 5.84. The predicted molar refractivity (Wildman–Crippen MR) is 79.7 cm³/mol. The smallest absolute Gasteiger partial charge is 0.246 e. The number of nitrogens with two attached hydrogens (primary N) is 1. The number of rotatable bonds is 2. The molecule has 1 atom stereocenters. The Hall–Kier alpha value is -0.530. The minimum Gasteiger partial charge on any atom is -0.398 e. The molecule has 2 rings (SSSR count). The lowest BCUT2D eigenvalue weighted by Gasteiger charge is -2.23. The van der Waals surface area contributed by atoms with E-state index in [4.69, 9.17) is 33.7 Å². The number of hydrogen-bond donors (Lipinski definition) is 1. The van der Waals surface area contributed by atoms with Crippen LogP contribution in [0.15, 0.2) is 17.0 Å². The maximum Gasteiger partial charge on any atom is 0.246 e. The number of nitrogen functional groups attached to an aromatic ring is 1. The first-order chi connectivity index (χ1) is 9.32. The van der Waals surface area contributed by atoms with E-state index in [9.17, 15) is 8.42 Å². The molecule has 2 N–H and O–H groups in total. The lowest BCUT2D eigenvalue weighted by atomic mass is 10.3. The summed E-state index contributed by atoms with van der Waals surface area (Å²) in [6, 6.07) is 2.77. The van der Waals surface area contributed by atoms with Gasteiger partial charge in [-0.25, -0.2) is 8.42 Å². The van der Waals surface area contributed by atoms with Gasteiger partial charge in [0.1, 0.15) is 4.90 Å². The van der Waals surface area contributed by atoms with Crippen LogP contribution in [0, 0.1) is 0 Å². The number of ether oxygens (including phenoxy) is 1. The molecule has 5 nitrogen and oxygen atoms in total. The van der Waals surface area contributed by atoms with Crippen LogP contribution < -0.4 is 5.73 Å². The SMILES string of the molecule is CC1CN(S(=O)(=O)c2c(N)cc(Cl)cc2Cl)CCCO1. The van der Waals surface area contributed by atoms with Crippen molar-refractivity contribution in [2.75, 3.05) is 25.4 Å². The predicted octanol–water partition coefficient (Wildman–Crippen LogP) is 2.38. The van der Waals surface area contributed by atoms with Crippen LogP contribution in [0.25, 0.3) is 0 Å². The molecule has 1 unspecified atom stereocenters. The summed E-state index contributed by atoms with van der Waals surface area (Å²) in [6.07, 6.45) is 0.467. The van der Waals surface area contributed by atoms with Gasteiger partial charge in [-0.2, -0.15) is 4.31 Å². The minimum atomic E-state index is -3.76. The zero-order valence-electron chi connectivity index (χ0n) is 11.0. The molecule has 0 spiro atoms. The fourth-order valence-corrected chi connectivity index (χ4v) is 4.65. The van der Waals surface area contributed by atoms with E-state index in [2.05, 4.69) is 0 Å². The summed E-state index contributed by atoms with van der Waals surface area (Å²) in [5.74, 6) is 0. The molecule has 0 radical (unpaired) electrons. The first-order valence-electron chi connectivity index (χ1n) is 6.18. The van der Waals surface area contributed by atoms with Crippen molar-refractivity contribution in [3.8, 4) is 0 Å². The van der Waals surface area contributed by atoms with Gasteiger partial charge in [-0.1, -0.05) is 23.2 Å². The highest BCUT2D eigenvalue weighted by Crippen LogP contribution is 2.33. The van der Waals surface area contributed by atoms with Gasteiger partial charge in [-0.05, 0) is 25.5 Å². The van der Waals surface area contributed by atoms with Gasteiger partial charge in [0.25, 0.3) is 0 Å². The molecule has 0 bridgehead atoms. The first kappa shape index (κ1) is 15.9. The fourth-order valence-electron chi connectivity index (χ4n) is 2.16. The minimum absolute atomic E-state index is 0.0350. The van der Waals surface area contributed by atoms with Crippen LogP contribution in [-0.2, 0) is 14.8 Å². The molecule has 1 aromatic carbocycles. The van der Waals surface area contributed by atoms with Gasteiger partial charge >= 0.3 is 0 Å². The second kappa shape index (κ2) is 6.07. The van der Waals surface area contributed by atoms with Crippen LogP contribution in [0.1, 0.15) is 13.3 Å². The first-order valence-corrected chi connectivity index (χ1v) is 8.38. The molecule has 0 aliphatic carbocycles. The molecule has 1 aromatic rings. The largest absolute Gasteiger partial charge is 0.398 e. The molecule has 0 saturated carbocycles. The van der Waals surface area contributed by atoms with Gasteiger partial charge in [-0.15, -0.1) is 0 Å². The lowest BCUT2D eigenvalue weighted by molar-refractivity contribution is 0.0752. The average molecular weight is 339 g/mol. The summed E-state index contributed by atoms with van der Waals surface area (Å²) in [5, 5.41) is 0.340. The number of sulfonamides is 1. The van der Waals surface area contributed by atoms with Crippen LogP contribution in [0.3, 0.4) is 0 Å². The highest BCUT2D eigenvalue weighted by Gasteiger charge is 2.31. The van der Waals surface area contributed by atoms with Gasteiger partial charge < -0.3 is 10.5 Å². The maximum atomic E-state index is 12.7. The van der Waals surface area contributed by atoms with E-state index >= 15 is 0 Å². The van der Waals surface area contributed by atoms with Crippen LogP contribution >= 0.6 is 23.2 Å². The summed E-state index contributed by atoms with van der Waals surface area (Å²) in [4.78, 5) is -0.0855. The van der Waals surface area contributed by atoms with Crippen molar-refractivity contribution in [2.24, 2.45) is 0 Å². The summed E-state index contributed by atoms with van der Waals surface area (Å²) in [6.45, 7) is 3.03.